The lowest BCUT2D eigenvalue weighted by molar-refractivity contribution is 0.102. The number of carbonyl (C=O) groups excluding carboxylic acids is 1. The molecule has 3 rings (SSSR count). The number of anilines is 2. The fourth-order valence-electron chi connectivity index (χ4n) is 2.49. The number of hydrogen-bond donors (Lipinski definition) is 2. The quantitative estimate of drug-likeness (QED) is 0.774. The maximum absolute atomic E-state index is 12.5. The normalized spacial score (nSPS) is 10.2. The molecule has 118 valence electrons. The molecule has 1 amide bonds. The van der Waals surface area contributed by atoms with Gasteiger partial charge in [0.15, 0.2) is 11.5 Å². The van der Waals surface area contributed by atoms with E-state index in [1.54, 1.807) is 25.2 Å². The van der Waals surface area contributed by atoms with Crippen LogP contribution in [-0.4, -0.2) is 23.2 Å². The maximum Gasteiger partial charge on any atom is 0.255 e. The van der Waals surface area contributed by atoms with Crippen LogP contribution in [0.4, 0.5) is 11.5 Å². The molecule has 0 bridgehead atoms. The number of amides is 1. The number of nitrogens with zero attached hydrogens (tertiary/aromatic N) is 3. The van der Waals surface area contributed by atoms with E-state index in [4.69, 9.17) is 5.26 Å². The number of aryl methyl sites for hydroxylation is 1. The second-order valence-electron chi connectivity index (χ2n) is 5.34. The highest BCUT2D eigenvalue weighted by molar-refractivity contribution is 6.08. The Labute approximate surface area is 139 Å². The molecule has 0 radical (unpaired) electrons. The Morgan fingerprint density at radius 2 is 1.96 bits per heavy atom. The van der Waals surface area contributed by atoms with Gasteiger partial charge in [-0.2, -0.15) is 5.26 Å². The van der Waals surface area contributed by atoms with Crippen LogP contribution in [0.2, 0.25) is 0 Å². The van der Waals surface area contributed by atoms with E-state index in [-0.39, 0.29) is 11.6 Å². The summed E-state index contributed by atoms with van der Waals surface area (Å²) >= 11 is 0. The summed E-state index contributed by atoms with van der Waals surface area (Å²) in [6.07, 6.45) is 0. The van der Waals surface area contributed by atoms with Gasteiger partial charge in [0.2, 0.25) is 0 Å². The van der Waals surface area contributed by atoms with Gasteiger partial charge in [-0.3, -0.25) is 4.79 Å². The van der Waals surface area contributed by atoms with E-state index in [1.807, 2.05) is 37.3 Å². The first-order chi connectivity index (χ1) is 11.6. The number of fused-ring (bicyclic) bond motifs is 1. The SMILES string of the molecule is CNc1nnc(C#N)c2ccc(C(=O)Nc3cccc(C)c3)cc12. The lowest BCUT2D eigenvalue weighted by Crippen LogP contribution is -2.12. The minimum Gasteiger partial charge on any atom is -0.371 e. The standard InChI is InChI=1S/C18H15N5O/c1-11-4-3-5-13(8-11)21-18(24)12-6-7-14-15(9-12)17(20-2)23-22-16(14)10-19/h3-9H,1-2H3,(H,20,23)(H,21,24). The molecule has 2 N–H and O–H groups in total. The Kier molecular flexibility index (Phi) is 4.08. The van der Waals surface area contributed by atoms with Crippen LogP contribution in [0.1, 0.15) is 21.6 Å². The van der Waals surface area contributed by atoms with E-state index in [0.29, 0.717) is 22.2 Å². The molecule has 6 nitrogen and oxygen atoms in total. The second kappa shape index (κ2) is 6.34. The number of carbonyl (C=O) groups is 1. The molecule has 0 fully saturated rings. The predicted molar refractivity (Wildman–Crippen MR) is 92.9 cm³/mol. The Morgan fingerprint density at radius 3 is 2.67 bits per heavy atom. The Bertz CT molecular complexity index is 975. The van der Waals surface area contributed by atoms with Crippen molar-refractivity contribution in [3.63, 3.8) is 0 Å². The van der Waals surface area contributed by atoms with Crippen LogP contribution in [-0.2, 0) is 0 Å². The van der Waals surface area contributed by atoms with Gasteiger partial charge in [-0.25, -0.2) is 0 Å². The van der Waals surface area contributed by atoms with Crippen LogP contribution < -0.4 is 10.6 Å². The number of hydrogen-bond acceptors (Lipinski definition) is 5. The first-order valence-corrected chi connectivity index (χ1v) is 7.38. The molecular weight excluding hydrogens is 302 g/mol. The van der Waals surface area contributed by atoms with Gasteiger partial charge >= 0.3 is 0 Å². The van der Waals surface area contributed by atoms with E-state index in [9.17, 15) is 4.79 Å². The highest BCUT2D eigenvalue weighted by Gasteiger charge is 2.12. The Hall–Kier alpha value is -3.46. The zero-order chi connectivity index (χ0) is 17.1. The van der Waals surface area contributed by atoms with Gasteiger partial charge in [0.05, 0.1) is 0 Å². The van der Waals surface area contributed by atoms with Crippen molar-refractivity contribution < 1.29 is 4.79 Å². The summed E-state index contributed by atoms with van der Waals surface area (Å²) in [7, 11) is 1.72. The number of benzene rings is 2. The van der Waals surface area contributed by atoms with E-state index in [1.165, 1.54) is 0 Å². The highest BCUT2D eigenvalue weighted by atomic mass is 16.1. The van der Waals surface area contributed by atoms with Gasteiger partial charge in [-0.05, 0) is 36.8 Å². The van der Waals surface area contributed by atoms with E-state index in [2.05, 4.69) is 20.8 Å². The van der Waals surface area contributed by atoms with Crippen molar-refractivity contribution in [1.82, 2.24) is 10.2 Å². The fraction of sp³-hybridized carbons (Fsp3) is 0.111. The van der Waals surface area contributed by atoms with E-state index >= 15 is 0 Å². The predicted octanol–water partition coefficient (Wildman–Crippen LogP) is 3.10. The minimum atomic E-state index is -0.222. The summed E-state index contributed by atoms with van der Waals surface area (Å²) in [5.41, 5.74) is 2.52. The molecule has 0 unspecified atom stereocenters. The van der Waals surface area contributed by atoms with Crippen LogP contribution in [0.15, 0.2) is 42.5 Å². The lowest BCUT2D eigenvalue weighted by Gasteiger charge is -2.09. The Balaban J connectivity index is 2.01. The summed E-state index contributed by atoms with van der Waals surface area (Å²) < 4.78 is 0. The summed E-state index contributed by atoms with van der Waals surface area (Å²) in [6.45, 7) is 1.97. The number of nitriles is 1. The Morgan fingerprint density at radius 1 is 1.12 bits per heavy atom. The van der Waals surface area contributed by atoms with Gasteiger partial charge in [0.1, 0.15) is 6.07 Å². The molecule has 1 heterocycles. The molecule has 0 aliphatic carbocycles. The van der Waals surface area contributed by atoms with Crippen LogP contribution in [0.3, 0.4) is 0 Å². The van der Waals surface area contributed by atoms with Crippen LogP contribution in [0.25, 0.3) is 10.8 Å². The third-order valence-electron chi connectivity index (χ3n) is 3.66. The molecule has 0 saturated carbocycles. The largest absolute Gasteiger partial charge is 0.371 e. The van der Waals surface area contributed by atoms with Gasteiger partial charge in [0, 0.05) is 29.1 Å². The zero-order valence-corrected chi connectivity index (χ0v) is 13.3. The molecule has 1 aromatic heterocycles. The van der Waals surface area contributed by atoms with Gasteiger partial charge < -0.3 is 10.6 Å². The summed E-state index contributed by atoms with van der Waals surface area (Å²) in [6, 6.07) is 14.7. The number of aromatic nitrogens is 2. The molecule has 0 atom stereocenters. The number of rotatable bonds is 3. The van der Waals surface area contributed by atoms with Crippen molar-refractivity contribution in [1.29, 1.82) is 5.26 Å². The smallest absolute Gasteiger partial charge is 0.255 e. The monoisotopic (exact) mass is 317 g/mol. The zero-order valence-electron chi connectivity index (χ0n) is 13.3. The molecule has 0 aliphatic heterocycles. The third kappa shape index (κ3) is 2.88. The summed E-state index contributed by atoms with van der Waals surface area (Å²) in [5, 5.41) is 24.1. The molecule has 3 aromatic rings. The van der Waals surface area contributed by atoms with Gasteiger partial charge in [-0.15, -0.1) is 10.2 Å². The summed E-state index contributed by atoms with van der Waals surface area (Å²) in [4.78, 5) is 12.5. The lowest BCUT2D eigenvalue weighted by atomic mass is 10.1. The van der Waals surface area contributed by atoms with Crippen molar-refractivity contribution in [3.8, 4) is 6.07 Å². The summed E-state index contributed by atoms with van der Waals surface area (Å²) in [5.74, 6) is 0.300. The van der Waals surface area contributed by atoms with Crippen LogP contribution in [0.5, 0.6) is 0 Å². The molecule has 0 saturated heterocycles. The van der Waals surface area contributed by atoms with Gasteiger partial charge in [-0.1, -0.05) is 18.2 Å². The highest BCUT2D eigenvalue weighted by Crippen LogP contribution is 2.24. The van der Waals surface area contributed by atoms with Crippen LogP contribution in [0, 0.1) is 18.3 Å². The molecule has 24 heavy (non-hydrogen) atoms. The fourth-order valence-corrected chi connectivity index (χ4v) is 2.49. The molecule has 0 aliphatic rings. The van der Waals surface area contributed by atoms with Crippen molar-refractivity contribution >= 4 is 28.2 Å². The third-order valence-corrected chi connectivity index (χ3v) is 3.66. The topological polar surface area (TPSA) is 90.7 Å². The van der Waals surface area contributed by atoms with E-state index < -0.39 is 0 Å². The first kappa shape index (κ1) is 15.4. The van der Waals surface area contributed by atoms with Crippen molar-refractivity contribution in [2.75, 3.05) is 17.7 Å². The number of nitrogens with one attached hydrogen (secondary N) is 2. The average Bonchev–Trinajstić information content (AvgIpc) is 2.60. The van der Waals surface area contributed by atoms with Gasteiger partial charge in [0.25, 0.3) is 5.91 Å². The van der Waals surface area contributed by atoms with E-state index in [0.717, 1.165) is 11.3 Å². The van der Waals surface area contributed by atoms with Crippen molar-refractivity contribution in [2.45, 2.75) is 6.92 Å². The average molecular weight is 317 g/mol. The van der Waals surface area contributed by atoms with Crippen molar-refractivity contribution in [2.24, 2.45) is 0 Å². The second-order valence-corrected chi connectivity index (χ2v) is 5.34. The molecule has 6 heteroatoms. The molecule has 2 aromatic carbocycles. The van der Waals surface area contributed by atoms with Crippen LogP contribution >= 0.6 is 0 Å². The van der Waals surface area contributed by atoms with Crippen molar-refractivity contribution in [3.05, 3.63) is 59.3 Å². The maximum atomic E-state index is 12.5. The minimum absolute atomic E-state index is 0.222. The molecular formula is C18H15N5O. The first-order valence-electron chi connectivity index (χ1n) is 7.38. The molecule has 0 spiro atoms.